The molecule has 42 heavy (non-hydrogen) atoms. The number of benzene rings is 1. The lowest BCUT2D eigenvalue weighted by atomic mass is 9.86. The summed E-state index contributed by atoms with van der Waals surface area (Å²) in [5.74, 6) is -0.141. The van der Waals surface area contributed by atoms with Crippen molar-refractivity contribution >= 4 is 28.7 Å². The Morgan fingerprint density at radius 3 is 2.52 bits per heavy atom. The molecule has 226 valence electrons. The van der Waals surface area contributed by atoms with Gasteiger partial charge in [0.15, 0.2) is 0 Å². The van der Waals surface area contributed by atoms with Gasteiger partial charge in [-0.05, 0) is 75.3 Å². The maximum atomic E-state index is 14.3. The molecule has 2 bridgehead atoms. The first-order chi connectivity index (χ1) is 20.5. The van der Waals surface area contributed by atoms with Gasteiger partial charge in [0.2, 0.25) is 5.91 Å². The maximum Gasteiger partial charge on any atom is 0.328 e. The van der Waals surface area contributed by atoms with Crippen LogP contribution < -0.4 is 4.74 Å². The monoisotopic (exact) mass is 576 g/mol. The molecule has 0 unspecified atom stereocenters. The highest BCUT2D eigenvalue weighted by Gasteiger charge is 2.46. The third-order valence-electron chi connectivity index (χ3n) is 10.1. The van der Waals surface area contributed by atoms with E-state index in [1.165, 1.54) is 7.11 Å². The minimum atomic E-state index is -0.745. The highest BCUT2D eigenvalue weighted by molar-refractivity contribution is 5.89. The van der Waals surface area contributed by atoms with Crippen LogP contribution in [-0.4, -0.2) is 59.6 Å². The topological polar surface area (TPSA) is 95.0 Å². The minimum Gasteiger partial charge on any atom is -0.487 e. The number of aromatic nitrogens is 1. The average Bonchev–Trinajstić information content (AvgIpc) is 3.77. The highest BCUT2D eigenvalue weighted by atomic mass is 16.5. The van der Waals surface area contributed by atoms with Gasteiger partial charge < -0.3 is 19.1 Å². The van der Waals surface area contributed by atoms with Crippen LogP contribution in [0.25, 0.3) is 10.9 Å². The summed E-state index contributed by atoms with van der Waals surface area (Å²) in [7, 11) is 1.36. The molecule has 8 nitrogen and oxygen atoms in total. The second kappa shape index (κ2) is 13.0. The zero-order chi connectivity index (χ0) is 29.1. The summed E-state index contributed by atoms with van der Waals surface area (Å²) < 4.78 is 17.8. The molecule has 6 rings (SSSR count). The lowest BCUT2D eigenvalue weighted by Gasteiger charge is -2.30. The van der Waals surface area contributed by atoms with E-state index in [4.69, 9.17) is 19.2 Å². The van der Waals surface area contributed by atoms with Crippen LogP contribution in [0.3, 0.4) is 0 Å². The van der Waals surface area contributed by atoms with E-state index in [-0.39, 0.29) is 43.0 Å². The van der Waals surface area contributed by atoms with Gasteiger partial charge in [-0.3, -0.25) is 9.59 Å². The summed E-state index contributed by atoms with van der Waals surface area (Å²) >= 11 is 0. The lowest BCUT2D eigenvalue weighted by Crippen LogP contribution is -2.46. The summed E-state index contributed by atoms with van der Waals surface area (Å²) in [5, 5.41) is 1.00. The Kier molecular flexibility index (Phi) is 8.96. The van der Waals surface area contributed by atoms with Gasteiger partial charge in [-0.15, -0.1) is 0 Å². The molecule has 1 saturated heterocycles. The van der Waals surface area contributed by atoms with Crippen molar-refractivity contribution in [3.8, 4) is 5.75 Å². The highest BCUT2D eigenvalue weighted by Crippen LogP contribution is 2.38. The van der Waals surface area contributed by atoms with Gasteiger partial charge >= 0.3 is 11.9 Å². The average molecular weight is 577 g/mol. The van der Waals surface area contributed by atoms with E-state index in [0.29, 0.717) is 12.3 Å². The molecule has 2 aliphatic carbocycles. The summed E-state index contributed by atoms with van der Waals surface area (Å²) in [5.41, 5.74) is 1.86. The summed E-state index contributed by atoms with van der Waals surface area (Å²) in [4.78, 5) is 47.2. The number of carbonyl (C=O) groups is 3. The minimum absolute atomic E-state index is 0.0585. The van der Waals surface area contributed by atoms with E-state index >= 15 is 0 Å². The van der Waals surface area contributed by atoms with Gasteiger partial charge in [0.1, 0.15) is 24.0 Å². The molecule has 3 heterocycles. The first-order valence-corrected chi connectivity index (χ1v) is 16.1. The largest absolute Gasteiger partial charge is 0.487 e. The molecular weight excluding hydrogens is 532 g/mol. The summed E-state index contributed by atoms with van der Waals surface area (Å²) in [6.07, 6.45) is 12.0. The second-order valence-electron chi connectivity index (χ2n) is 12.8. The molecule has 1 amide bonds. The Bertz CT molecular complexity index is 1290. The van der Waals surface area contributed by atoms with Crippen molar-refractivity contribution in [3.63, 3.8) is 0 Å². The van der Waals surface area contributed by atoms with Crippen molar-refractivity contribution < 1.29 is 28.6 Å². The molecule has 8 heteroatoms. The van der Waals surface area contributed by atoms with Crippen molar-refractivity contribution in [3.05, 3.63) is 36.0 Å². The fourth-order valence-electron chi connectivity index (χ4n) is 7.87. The zero-order valence-corrected chi connectivity index (χ0v) is 24.8. The van der Waals surface area contributed by atoms with E-state index in [0.717, 1.165) is 99.4 Å². The Labute approximate surface area is 248 Å². The standard InChI is InChI=1S/C34H44N2O6/c1-40-34(39)29-19-25-21-36(29)33(38)26(22-10-5-6-11-22)20-32(37)42-30-17-9-14-23(30)12-3-2-4-16-28-31(41-25)18-24-13-7-8-15-27(24)35-28/h7-8,13,15,18,22-23,25-26,29-30H,2-6,9-12,14,16-17,19-21H2,1H3/t23-,25-,26+,29+,30-/m1/s1. The normalized spacial score (nSPS) is 29.7. The number of pyridine rings is 1. The van der Waals surface area contributed by atoms with Crippen LogP contribution in [0.4, 0.5) is 0 Å². The van der Waals surface area contributed by atoms with Crippen molar-refractivity contribution in [2.75, 3.05) is 13.7 Å². The van der Waals surface area contributed by atoms with Gasteiger partial charge in [-0.1, -0.05) is 43.9 Å². The Balaban J connectivity index is 1.33. The molecule has 2 aliphatic heterocycles. The zero-order valence-electron chi connectivity index (χ0n) is 24.8. The number of para-hydroxylation sites is 1. The third-order valence-corrected chi connectivity index (χ3v) is 10.1. The Morgan fingerprint density at radius 2 is 1.69 bits per heavy atom. The molecule has 4 aliphatic rings. The van der Waals surface area contributed by atoms with Crippen molar-refractivity contribution in [1.82, 2.24) is 9.88 Å². The van der Waals surface area contributed by atoms with Crippen molar-refractivity contribution in [2.24, 2.45) is 17.8 Å². The van der Waals surface area contributed by atoms with Gasteiger partial charge in [-0.25, -0.2) is 9.78 Å². The Hall–Kier alpha value is -3.16. The SMILES string of the molecule is COC(=O)[C@@H]1C[C@@H]2CN1C(=O)[C@H](C1CCCC1)CC(=O)O[C@@H]1CCC[C@H]1CCCCCc1nc3ccccc3cc1O2. The van der Waals surface area contributed by atoms with Gasteiger partial charge in [0.05, 0.1) is 37.2 Å². The van der Waals surface area contributed by atoms with Gasteiger partial charge in [-0.2, -0.15) is 0 Å². The molecule has 3 fully saturated rings. The number of methoxy groups -OCH3 is 1. The number of hydrogen-bond acceptors (Lipinski definition) is 7. The first kappa shape index (κ1) is 28.9. The predicted molar refractivity (Wildman–Crippen MR) is 158 cm³/mol. The molecule has 2 saturated carbocycles. The molecule has 0 spiro atoms. The van der Waals surface area contributed by atoms with Crippen LogP contribution in [0.2, 0.25) is 0 Å². The number of hydrogen-bond donors (Lipinski definition) is 0. The molecule has 1 aromatic heterocycles. The Morgan fingerprint density at radius 1 is 0.929 bits per heavy atom. The van der Waals surface area contributed by atoms with Crippen LogP contribution >= 0.6 is 0 Å². The smallest absolute Gasteiger partial charge is 0.328 e. The quantitative estimate of drug-likeness (QED) is 0.418. The number of carbonyl (C=O) groups excluding carboxylic acids is 3. The van der Waals surface area contributed by atoms with E-state index in [2.05, 4.69) is 0 Å². The van der Waals surface area contributed by atoms with Gasteiger partial charge in [0, 0.05) is 11.8 Å². The molecule has 0 radical (unpaired) electrons. The number of esters is 2. The molecule has 5 atom stereocenters. The van der Waals surface area contributed by atoms with E-state index in [1.54, 1.807) is 4.90 Å². The fraction of sp³-hybridized carbons (Fsp3) is 0.647. The molecular formula is C34H44N2O6. The fourth-order valence-corrected chi connectivity index (χ4v) is 7.87. The first-order valence-electron chi connectivity index (χ1n) is 16.1. The van der Waals surface area contributed by atoms with Crippen LogP contribution in [0.15, 0.2) is 30.3 Å². The predicted octanol–water partition coefficient (Wildman–Crippen LogP) is 5.78. The number of nitrogens with zero attached hydrogens (tertiary/aromatic N) is 2. The van der Waals surface area contributed by atoms with Crippen LogP contribution in [0.1, 0.15) is 89.2 Å². The van der Waals surface area contributed by atoms with Crippen LogP contribution in [0, 0.1) is 17.8 Å². The van der Waals surface area contributed by atoms with Crippen molar-refractivity contribution in [2.45, 2.75) is 108 Å². The van der Waals surface area contributed by atoms with E-state index < -0.39 is 17.9 Å². The number of amides is 1. The molecule has 0 N–H and O–H groups in total. The van der Waals surface area contributed by atoms with Crippen molar-refractivity contribution in [1.29, 1.82) is 0 Å². The van der Waals surface area contributed by atoms with Crippen LogP contribution in [0.5, 0.6) is 5.75 Å². The van der Waals surface area contributed by atoms with Crippen LogP contribution in [-0.2, 0) is 30.3 Å². The summed E-state index contributed by atoms with van der Waals surface area (Å²) in [6.45, 7) is 0.272. The van der Waals surface area contributed by atoms with E-state index in [1.807, 2.05) is 30.3 Å². The number of fused-ring (bicyclic) bond motifs is 5. The maximum absolute atomic E-state index is 14.3. The second-order valence-corrected chi connectivity index (χ2v) is 12.8. The molecule has 1 aromatic carbocycles. The summed E-state index contributed by atoms with van der Waals surface area (Å²) in [6, 6.07) is 9.35. The number of aryl methyl sites for hydroxylation is 1. The van der Waals surface area contributed by atoms with E-state index in [9.17, 15) is 14.4 Å². The molecule has 2 aromatic rings. The number of ether oxygens (including phenoxy) is 3. The van der Waals surface area contributed by atoms with Gasteiger partial charge in [0.25, 0.3) is 0 Å². The lowest BCUT2D eigenvalue weighted by molar-refractivity contribution is -0.158. The number of rotatable bonds is 2. The third kappa shape index (κ3) is 6.28.